The first-order valence-corrected chi connectivity index (χ1v) is 6.99. The molecule has 0 aliphatic heterocycles. The van der Waals surface area contributed by atoms with Gasteiger partial charge in [-0.25, -0.2) is 0 Å². The molecule has 2 N–H and O–H groups in total. The van der Waals surface area contributed by atoms with E-state index < -0.39 is 5.97 Å². The minimum Gasteiger partial charge on any atom is -0.481 e. The monoisotopic (exact) mass is 279 g/mol. The highest BCUT2D eigenvalue weighted by Gasteiger charge is 2.30. The Kier molecular flexibility index (Phi) is 4.42. The molecule has 6 nitrogen and oxygen atoms in total. The number of hydrogen-bond donors (Lipinski definition) is 2. The van der Waals surface area contributed by atoms with Crippen LogP contribution in [0, 0.1) is 11.8 Å². The van der Waals surface area contributed by atoms with Gasteiger partial charge in [0.15, 0.2) is 0 Å². The average molecular weight is 279 g/mol. The first-order valence-electron chi connectivity index (χ1n) is 6.99. The van der Waals surface area contributed by atoms with Crippen LogP contribution in [0.2, 0.25) is 0 Å². The summed E-state index contributed by atoms with van der Waals surface area (Å²) in [6.45, 7) is 1.93. The number of carboxylic acid groups (broad SMARTS) is 1. The molecule has 1 atom stereocenters. The van der Waals surface area contributed by atoms with E-state index in [1.165, 1.54) is 0 Å². The Morgan fingerprint density at radius 3 is 2.45 bits per heavy atom. The number of amides is 1. The molecule has 0 spiro atoms. The maximum absolute atomic E-state index is 12.2. The standard InChI is InChI=1S/C14H21N3O3/c1-9(12-7-15-17(2)8-12)16-13(18)10-3-5-11(6-4-10)14(19)20/h7-11H,3-6H2,1-2H3,(H,16,18)(H,19,20). The van der Waals surface area contributed by atoms with Gasteiger partial charge in [-0.05, 0) is 32.6 Å². The summed E-state index contributed by atoms with van der Waals surface area (Å²) in [5, 5.41) is 16.0. The molecule has 1 aliphatic carbocycles. The summed E-state index contributed by atoms with van der Waals surface area (Å²) in [6, 6.07) is -0.0756. The largest absolute Gasteiger partial charge is 0.481 e. The van der Waals surface area contributed by atoms with Crippen LogP contribution in [0.15, 0.2) is 12.4 Å². The van der Waals surface area contributed by atoms with Crippen molar-refractivity contribution < 1.29 is 14.7 Å². The zero-order valence-electron chi connectivity index (χ0n) is 11.9. The molecule has 2 rings (SSSR count). The van der Waals surface area contributed by atoms with E-state index in [0.717, 1.165) is 5.56 Å². The molecule has 1 heterocycles. The molecule has 1 amide bonds. The van der Waals surface area contributed by atoms with Crippen molar-refractivity contribution in [3.8, 4) is 0 Å². The predicted octanol–water partition coefficient (Wildman–Crippen LogP) is 1.49. The minimum absolute atomic E-state index is 0.0187. The Bertz CT molecular complexity index is 490. The molecular weight excluding hydrogens is 258 g/mol. The summed E-state index contributed by atoms with van der Waals surface area (Å²) in [4.78, 5) is 23.1. The van der Waals surface area contributed by atoms with Gasteiger partial charge < -0.3 is 10.4 Å². The zero-order valence-corrected chi connectivity index (χ0v) is 11.9. The highest BCUT2D eigenvalue weighted by molar-refractivity contribution is 5.79. The summed E-state index contributed by atoms with van der Waals surface area (Å²) in [7, 11) is 1.84. The van der Waals surface area contributed by atoms with Crippen LogP contribution in [-0.4, -0.2) is 26.8 Å². The molecule has 1 aliphatic rings. The Labute approximate surface area is 118 Å². The maximum atomic E-state index is 12.2. The molecule has 1 unspecified atom stereocenters. The Morgan fingerprint density at radius 1 is 1.35 bits per heavy atom. The molecule has 0 bridgehead atoms. The SMILES string of the molecule is CC(NC(=O)C1CCC(C(=O)O)CC1)c1cnn(C)c1. The fraction of sp³-hybridized carbons (Fsp3) is 0.643. The number of hydrogen-bond acceptors (Lipinski definition) is 3. The minimum atomic E-state index is -0.743. The zero-order chi connectivity index (χ0) is 14.7. The number of aryl methyl sites for hydroxylation is 1. The van der Waals surface area contributed by atoms with E-state index in [0.29, 0.717) is 25.7 Å². The van der Waals surface area contributed by atoms with Crippen molar-refractivity contribution in [2.45, 2.75) is 38.6 Å². The van der Waals surface area contributed by atoms with Crippen LogP contribution in [-0.2, 0) is 16.6 Å². The molecule has 0 saturated heterocycles. The number of carbonyl (C=O) groups excluding carboxylic acids is 1. The molecule has 110 valence electrons. The number of aromatic nitrogens is 2. The van der Waals surface area contributed by atoms with Crippen LogP contribution in [0.25, 0.3) is 0 Å². The van der Waals surface area contributed by atoms with E-state index in [1.54, 1.807) is 10.9 Å². The second-order valence-corrected chi connectivity index (χ2v) is 5.56. The van der Waals surface area contributed by atoms with E-state index in [9.17, 15) is 9.59 Å². The van der Waals surface area contributed by atoms with Crippen LogP contribution in [0.3, 0.4) is 0 Å². The van der Waals surface area contributed by atoms with Crippen molar-refractivity contribution in [3.63, 3.8) is 0 Å². The van der Waals surface area contributed by atoms with Gasteiger partial charge in [0.25, 0.3) is 0 Å². The highest BCUT2D eigenvalue weighted by Crippen LogP contribution is 2.29. The first-order chi connectivity index (χ1) is 9.47. The molecule has 1 aromatic heterocycles. The third kappa shape index (κ3) is 3.37. The van der Waals surface area contributed by atoms with Gasteiger partial charge in [0.2, 0.25) is 5.91 Å². The van der Waals surface area contributed by atoms with Crippen LogP contribution in [0.4, 0.5) is 0 Å². The molecular formula is C14H21N3O3. The lowest BCUT2D eigenvalue weighted by Crippen LogP contribution is -2.35. The van der Waals surface area contributed by atoms with Gasteiger partial charge in [-0.15, -0.1) is 0 Å². The fourth-order valence-corrected chi connectivity index (χ4v) is 2.68. The molecule has 1 aromatic rings. The summed E-state index contributed by atoms with van der Waals surface area (Å²) in [5.74, 6) is -1.07. The average Bonchev–Trinajstić information content (AvgIpc) is 2.85. The lowest BCUT2D eigenvalue weighted by molar-refractivity contribution is -0.144. The second-order valence-electron chi connectivity index (χ2n) is 5.56. The number of aliphatic carboxylic acids is 1. The van der Waals surface area contributed by atoms with E-state index in [1.807, 2.05) is 20.2 Å². The Hall–Kier alpha value is -1.85. The number of carbonyl (C=O) groups is 2. The van der Waals surface area contributed by atoms with Crippen LogP contribution in [0.1, 0.15) is 44.2 Å². The fourth-order valence-electron chi connectivity index (χ4n) is 2.68. The van der Waals surface area contributed by atoms with Gasteiger partial charge in [0.1, 0.15) is 0 Å². The van der Waals surface area contributed by atoms with Crippen molar-refractivity contribution in [1.82, 2.24) is 15.1 Å². The molecule has 20 heavy (non-hydrogen) atoms. The van der Waals surface area contributed by atoms with Crippen molar-refractivity contribution in [2.75, 3.05) is 0 Å². The lowest BCUT2D eigenvalue weighted by atomic mass is 9.81. The van der Waals surface area contributed by atoms with Crippen molar-refractivity contribution in [3.05, 3.63) is 18.0 Å². The number of nitrogens with zero attached hydrogens (tertiary/aromatic N) is 2. The van der Waals surface area contributed by atoms with Gasteiger partial charge in [-0.2, -0.15) is 5.10 Å². The molecule has 1 fully saturated rings. The highest BCUT2D eigenvalue weighted by atomic mass is 16.4. The summed E-state index contributed by atoms with van der Waals surface area (Å²) < 4.78 is 1.70. The van der Waals surface area contributed by atoms with E-state index in [2.05, 4.69) is 10.4 Å². The normalized spacial score (nSPS) is 24.1. The van der Waals surface area contributed by atoms with E-state index in [4.69, 9.17) is 5.11 Å². The van der Waals surface area contributed by atoms with Crippen molar-refractivity contribution in [1.29, 1.82) is 0 Å². The van der Waals surface area contributed by atoms with Gasteiger partial charge in [-0.3, -0.25) is 14.3 Å². The Morgan fingerprint density at radius 2 is 1.95 bits per heavy atom. The summed E-state index contributed by atoms with van der Waals surface area (Å²) in [5.41, 5.74) is 0.972. The third-order valence-electron chi connectivity index (χ3n) is 4.03. The van der Waals surface area contributed by atoms with E-state index in [-0.39, 0.29) is 23.8 Å². The Balaban J connectivity index is 1.85. The number of nitrogens with one attached hydrogen (secondary N) is 1. The van der Waals surface area contributed by atoms with E-state index >= 15 is 0 Å². The molecule has 0 radical (unpaired) electrons. The van der Waals surface area contributed by atoms with Crippen LogP contribution < -0.4 is 5.32 Å². The van der Waals surface area contributed by atoms with Gasteiger partial charge >= 0.3 is 5.97 Å². The lowest BCUT2D eigenvalue weighted by Gasteiger charge is -2.26. The number of carboxylic acids is 1. The topological polar surface area (TPSA) is 84.2 Å². The van der Waals surface area contributed by atoms with Crippen LogP contribution >= 0.6 is 0 Å². The van der Waals surface area contributed by atoms with Crippen molar-refractivity contribution in [2.24, 2.45) is 18.9 Å². The quantitative estimate of drug-likeness (QED) is 0.874. The molecule has 1 saturated carbocycles. The summed E-state index contributed by atoms with van der Waals surface area (Å²) in [6.07, 6.45) is 6.12. The van der Waals surface area contributed by atoms with Gasteiger partial charge in [-0.1, -0.05) is 0 Å². The predicted molar refractivity (Wildman–Crippen MR) is 72.8 cm³/mol. The first kappa shape index (κ1) is 14.6. The second kappa shape index (κ2) is 6.07. The van der Waals surface area contributed by atoms with Crippen molar-refractivity contribution >= 4 is 11.9 Å². The number of rotatable bonds is 4. The van der Waals surface area contributed by atoms with Gasteiger partial charge in [0.05, 0.1) is 18.2 Å². The maximum Gasteiger partial charge on any atom is 0.306 e. The van der Waals surface area contributed by atoms with Gasteiger partial charge in [0, 0.05) is 24.7 Å². The smallest absolute Gasteiger partial charge is 0.306 e. The van der Waals surface area contributed by atoms with Crippen LogP contribution in [0.5, 0.6) is 0 Å². The molecule has 6 heteroatoms. The molecule has 0 aromatic carbocycles. The third-order valence-corrected chi connectivity index (χ3v) is 4.03. The summed E-state index contributed by atoms with van der Waals surface area (Å²) >= 11 is 0.